The quantitative estimate of drug-likeness (QED) is 0.156. The first kappa shape index (κ1) is 28.9. The molecule has 16 nitrogen and oxygen atoms in total. The van der Waals surface area contributed by atoms with E-state index in [1.54, 1.807) is 13.8 Å². The number of amides is 2. The molecule has 2 amide bonds. The third-order valence-electron chi connectivity index (χ3n) is 5.51. The van der Waals surface area contributed by atoms with Gasteiger partial charge in [0.15, 0.2) is 11.9 Å². The maximum Gasteiger partial charge on any atom is 0.381 e. The zero-order chi connectivity index (χ0) is 27.7. The molecule has 2 atom stereocenters. The number of carbonyl (C=O) groups is 3. The SMILES string of the molecule is CCOC(=O)C(CCCCNC(=O)C(C)n1c([N+](=O)[O-])cnc1C)NC(=O)Cn1cc([N+](=O)[O-])nc1C. The minimum Gasteiger partial charge on any atom is -0.464 e. The maximum absolute atomic E-state index is 12.5. The summed E-state index contributed by atoms with van der Waals surface area (Å²) in [5.41, 5.74) is 0. The summed E-state index contributed by atoms with van der Waals surface area (Å²) in [5.74, 6) is -1.66. The fraction of sp³-hybridized carbons (Fsp3) is 0.571. The molecule has 0 fully saturated rings. The van der Waals surface area contributed by atoms with E-state index in [0.29, 0.717) is 18.7 Å². The van der Waals surface area contributed by atoms with Crippen LogP contribution in [0.25, 0.3) is 0 Å². The standard InChI is InChI=1S/C21H30N8O8/c1-5-37-21(32)16(25-18(30)12-26-11-17(28(33)34)24-15(26)4)8-6-7-9-22-20(31)13(2)27-14(3)23-10-19(27)29(35)36/h10-11,13,16H,5-9,12H2,1-4H3,(H,22,31)(H,25,30). The topological polar surface area (TPSA) is 206 Å². The summed E-state index contributed by atoms with van der Waals surface area (Å²) >= 11 is 0. The van der Waals surface area contributed by atoms with Crippen molar-refractivity contribution < 1.29 is 29.0 Å². The summed E-state index contributed by atoms with van der Waals surface area (Å²) in [6, 6.07) is -1.80. The van der Waals surface area contributed by atoms with Crippen molar-refractivity contribution in [3.63, 3.8) is 0 Å². The van der Waals surface area contributed by atoms with E-state index in [0.717, 1.165) is 12.4 Å². The molecule has 2 N–H and O–H groups in total. The van der Waals surface area contributed by atoms with Gasteiger partial charge in [-0.15, -0.1) is 0 Å². The molecule has 0 aliphatic rings. The van der Waals surface area contributed by atoms with E-state index in [2.05, 4.69) is 20.6 Å². The minimum absolute atomic E-state index is 0.117. The van der Waals surface area contributed by atoms with Crippen LogP contribution in [0.5, 0.6) is 0 Å². The van der Waals surface area contributed by atoms with Crippen molar-refractivity contribution in [1.82, 2.24) is 29.7 Å². The van der Waals surface area contributed by atoms with Crippen molar-refractivity contribution in [3.8, 4) is 0 Å². The number of carbonyl (C=O) groups excluding carboxylic acids is 3. The molecule has 2 aromatic heterocycles. The molecule has 2 rings (SSSR count). The summed E-state index contributed by atoms with van der Waals surface area (Å²) < 4.78 is 7.57. The maximum atomic E-state index is 12.5. The lowest BCUT2D eigenvalue weighted by molar-refractivity contribution is -0.392. The molecule has 2 heterocycles. The first-order valence-electron chi connectivity index (χ1n) is 11.6. The van der Waals surface area contributed by atoms with Crippen LogP contribution in [0.15, 0.2) is 12.4 Å². The van der Waals surface area contributed by atoms with Crippen molar-refractivity contribution >= 4 is 29.4 Å². The second-order valence-electron chi connectivity index (χ2n) is 8.16. The van der Waals surface area contributed by atoms with Gasteiger partial charge in [-0.05, 0) is 47.9 Å². The first-order chi connectivity index (χ1) is 17.5. The van der Waals surface area contributed by atoms with Crippen molar-refractivity contribution in [2.24, 2.45) is 0 Å². The number of esters is 1. The second-order valence-corrected chi connectivity index (χ2v) is 8.16. The molecule has 0 spiro atoms. The van der Waals surface area contributed by atoms with Crippen LogP contribution in [0.4, 0.5) is 11.6 Å². The number of nitro groups is 2. The van der Waals surface area contributed by atoms with E-state index >= 15 is 0 Å². The molecule has 202 valence electrons. The Balaban J connectivity index is 1.88. The Hall–Kier alpha value is -4.37. The molecular formula is C21H30N8O8. The molecular weight excluding hydrogens is 492 g/mol. The van der Waals surface area contributed by atoms with Gasteiger partial charge in [-0.3, -0.25) is 14.2 Å². The number of rotatable bonds is 14. The van der Waals surface area contributed by atoms with Gasteiger partial charge in [-0.2, -0.15) is 4.57 Å². The summed E-state index contributed by atoms with van der Waals surface area (Å²) in [6.45, 7) is 6.34. The predicted octanol–water partition coefficient (Wildman–Crippen LogP) is 1.11. The lowest BCUT2D eigenvalue weighted by Gasteiger charge is -2.18. The van der Waals surface area contributed by atoms with Crippen LogP contribution in [0.2, 0.25) is 0 Å². The lowest BCUT2D eigenvalue weighted by atomic mass is 10.1. The molecule has 0 saturated heterocycles. The van der Waals surface area contributed by atoms with Crippen LogP contribution in [0.3, 0.4) is 0 Å². The van der Waals surface area contributed by atoms with E-state index in [4.69, 9.17) is 4.74 Å². The van der Waals surface area contributed by atoms with Gasteiger partial charge in [0.2, 0.25) is 11.7 Å². The number of hydrogen-bond donors (Lipinski definition) is 2. The molecule has 0 radical (unpaired) electrons. The number of imidazole rings is 2. The van der Waals surface area contributed by atoms with Gasteiger partial charge in [-0.25, -0.2) is 9.78 Å². The van der Waals surface area contributed by atoms with Gasteiger partial charge in [0.05, 0.1) is 6.61 Å². The normalized spacial score (nSPS) is 12.4. The fourth-order valence-electron chi connectivity index (χ4n) is 3.63. The molecule has 2 unspecified atom stereocenters. The average molecular weight is 523 g/mol. The third kappa shape index (κ3) is 7.81. The number of unbranched alkanes of at least 4 members (excludes halogenated alkanes) is 1. The highest BCUT2D eigenvalue weighted by Crippen LogP contribution is 2.20. The van der Waals surface area contributed by atoms with Gasteiger partial charge in [0.25, 0.3) is 5.91 Å². The molecule has 37 heavy (non-hydrogen) atoms. The first-order valence-corrected chi connectivity index (χ1v) is 11.6. The zero-order valence-corrected chi connectivity index (χ0v) is 21.0. The van der Waals surface area contributed by atoms with Gasteiger partial charge >= 0.3 is 17.6 Å². The van der Waals surface area contributed by atoms with Gasteiger partial charge in [0.1, 0.15) is 25.0 Å². The van der Waals surface area contributed by atoms with Crippen molar-refractivity contribution in [3.05, 3.63) is 44.3 Å². The van der Waals surface area contributed by atoms with E-state index in [9.17, 15) is 34.6 Å². The van der Waals surface area contributed by atoms with Crippen LogP contribution in [0, 0.1) is 34.1 Å². The molecule has 0 bridgehead atoms. The number of nitrogens with one attached hydrogen (secondary N) is 2. The van der Waals surface area contributed by atoms with Crippen molar-refractivity contribution in [1.29, 1.82) is 0 Å². The van der Waals surface area contributed by atoms with Gasteiger partial charge in [-0.1, -0.05) is 0 Å². The largest absolute Gasteiger partial charge is 0.464 e. The van der Waals surface area contributed by atoms with E-state index in [-0.39, 0.29) is 43.6 Å². The molecule has 2 aromatic rings. The van der Waals surface area contributed by atoms with Crippen LogP contribution >= 0.6 is 0 Å². The molecule has 0 saturated carbocycles. The summed E-state index contributed by atoms with van der Waals surface area (Å²) in [4.78, 5) is 65.7. The van der Waals surface area contributed by atoms with Crippen LogP contribution in [-0.4, -0.2) is 65.9 Å². The van der Waals surface area contributed by atoms with Crippen LogP contribution in [-0.2, 0) is 25.7 Å². The monoisotopic (exact) mass is 522 g/mol. The molecule has 0 aromatic carbocycles. The summed E-state index contributed by atoms with van der Waals surface area (Å²) in [5, 5.41) is 27.3. The van der Waals surface area contributed by atoms with Gasteiger partial charge in [0, 0.05) is 20.4 Å². The number of aryl methyl sites for hydroxylation is 2. The van der Waals surface area contributed by atoms with Crippen molar-refractivity contribution in [2.75, 3.05) is 13.2 Å². The van der Waals surface area contributed by atoms with Gasteiger partial charge < -0.3 is 35.6 Å². The Kier molecular flexibility index (Phi) is 10.2. The summed E-state index contributed by atoms with van der Waals surface area (Å²) in [6.07, 6.45) is 3.36. The second kappa shape index (κ2) is 13.1. The number of nitrogens with zero attached hydrogens (tertiary/aromatic N) is 6. The van der Waals surface area contributed by atoms with Crippen LogP contribution < -0.4 is 10.6 Å². The average Bonchev–Trinajstić information content (AvgIpc) is 3.40. The third-order valence-corrected chi connectivity index (χ3v) is 5.51. The highest BCUT2D eigenvalue weighted by atomic mass is 16.6. The number of hydrogen-bond acceptors (Lipinski definition) is 10. The Morgan fingerprint density at radius 2 is 1.84 bits per heavy atom. The fourth-order valence-corrected chi connectivity index (χ4v) is 3.63. The zero-order valence-electron chi connectivity index (χ0n) is 21.0. The lowest BCUT2D eigenvalue weighted by Crippen LogP contribution is -2.43. The Morgan fingerprint density at radius 3 is 2.43 bits per heavy atom. The van der Waals surface area contributed by atoms with E-state index in [1.165, 1.54) is 23.0 Å². The highest BCUT2D eigenvalue weighted by molar-refractivity contribution is 5.84. The highest BCUT2D eigenvalue weighted by Gasteiger charge is 2.28. The molecule has 16 heteroatoms. The van der Waals surface area contributed by atoms with E-state index < -0.39 is 39.7 Å². The van der Waals surface area contributed by atoms with Crippen molar-refractivity contribution in [2.45, 2.75) is 65.6 Å². The number of aromatic nitrogens is 4. The minimum atomic E-state index is -0.947. The molecule has 0 aliphatic heterocycles. The predicted molar refractivity (Wildman–Crippen MR) is 127 cm³/mol. The van der Waals surface area contributed by atoms with E-state index in [1.807, 2.05) is 0 Å². The Labute approximate surface area is 211 Å². The summed E-state index contributed by atoms with van der Waals surface area (Å²) in [7, 11) is 0. The molecule has 0 aliphatic carbocycles. The number of ether oxygens (including phenoxy) is 1. The van der Waals surface area contributed by atoms with Crippen LogP contribution in [0.1, 0.15) is 50.8 Å². The smallest absolute Gasteiger partial charge is 0.381 e. The Morgan fingerprint density at radius 1 is 1.14 bits per heavy atom. The Bertz CT molecular complexity index is 1160.